The summed E-state index contributed by atoms with van der Waals surface area (Å²) in [5.74, 6) is 1.95. The largest absolute Gasteiger partial charge is 0.497 e. The van der Waals surface area contributed by atoms with Crippen molar-refractivity contribution in [3.8, 4) is 5.75 Å². The van der Waals surface area contributed by atoms with E-state index in [0.29, 0.717) is 0 Å². The summed E-state index contributed by atoms with van der Waals surface area (Å²) < 4.78 is 5.28. The Hall–Kier alpha value is -2.39. The summed E-state index contributed by atoms with van der Waals surface area (Å²) >= 11 is 1.86. The Morgan fingerprint density at radius 1 is 0.750 bits per heavy atom. The number of hydrogen-bond acceptors (Lipinski definition) is 3. The van der Waals surface area contributed by atoms with Crippen LogP contribution in [0.3, 0.4) is 0 Å². The van der Waals surface area contributed by atoms with Gasteiger partial charge in [0.2, 0.25) is 0 Å². The molecule has 0 aliphatic heterocycles. The third kappa shape index (κ3) is 3.74. The molecule has 3 aromatic carbocycles. The standard InChI is InChI=1S/C21H21NOS/c1-3-24-21-15-11-19(12-16-21)22(17-7-5-4-6-8-17)18-9-13-20(23-2)14-10-18/h4-16H,3H2,1-2H3. The van der Waals surface area contributed by atoms with Crippen molar-refractivity contribution in [2.45, 2.75) is 11.8 Å². The first-order chi connectivity index (χ1) is 11.8. The number of para-hydroxylation sites is 1. The monoisotopic (exact) mass is 335 g/mol. The molecule has 0 radical (unpaired) electrons. The van der Waals surface area contributed by atoms with Crippen molar-refractivity contribution in [1.29, 1.82) is 0 Å². The molecule has 3 aromatic rings. The molecule has 0 heterocycles. The Morgan fingerprint density at radius 3 is 1.83 bits per heavy atom. The highest BCUT2D eigenvalue weighted by Crippen LogP contribution is 2.35. The highest BCUT2D eigenvalue weighted by molar-refractivity contribution is 7.99. The van der Waals surface area contributed by atoms with Crippen LogP contribution in [0.5, 0.6) is 5.75 Å². The van der Waals surface area contributed by atoms with Gasteiger partial charge in [-0.1, -0.05) is 25.1 Å². The van der Waals surface area contributed by atoms with Crippen LogP contribution in [0.15, 0.2) is 83.8 Å². The quantitative estimate of drug-likeness (QED) is 0.492. The molecule has 122 valence electrons. The van der Waals surface area contributed by atoms with E-state index < -0.39 is 0 Å². The number of rotatable bonds is 6. The molecule has 0 fully saturated rings. The SMILES string of the molecule is CCSc1ccc(N(c2ccccc2)c2ccc(OC)cc2)cc1. The second-order valence-corrected chi connectivity index (χ2v) is 6.63. The lowest BCUT2D eigenvalue weighted by Gasteiger charge is -2.25. The van der Waals surface area contributed by atoms with E-state index in [0.717, 1.165) is 28.6 Å². The maximum atomic E-state index is 5.28. The maximum Gasteiger partial charge on any atom is 0.119 e. The van der Waals surface area contributed by atoms with Crippen molar-refractivity contribution >= 4 is 28.8 Å². The van der Waals surface area contributed by atoms with Crippen LogP contribution in [0.1, 0.15) is 6.92 Å². The summed E-state index contributed by atoms with van der Waals surface area (Å²) in [7, 11) is 1.69. The number of benzene rings is 3. The van der Waals surface area contributed by atoms with Crippen molar-refractivity contribution in [2.75, 3.05) is 17.8 Å². The first-order valence-electron chi connectivity index (χ1n) is 8.04. The predicted octanol–water partition coefficient (Wildman–Crippen LogP) is 6.28. The number of ether oxygens (including phenoxy) is 1. The van der Waals surface area contributed by atoms with Crippen LogP contribution in [0.25, 0.3) is 0 Å². The molecule has 0 saturated carbocycles. The molecule has 0 spiro atoms. The molecule has 3 rings (SSSR count). The van der Waals surface area contributed by atoms with Gasteiger partial charge >= 0.3 is 0 Å². The van der Waals surface area contributed by atoms with Crippen LogP contribution in [0, 0.1) is 0 Å². The van der Waals surface area contributed by atoms with E-state index in [1.165, 1.54) is 4.90 Å². The number of thioether (sulfide) groups is 1. The van der Waals surface area contributed by atoms with Crippen molar-refractivity contribution in [3.63, 3.8) is 0 Å². The fourth-order valence-corrected chi connectivity index (χ4v) is 3.28. The lowest BCUT2D eigenvalue weighted by atomic mass is 10.2. The zero-order chi connectivity index (χ0) is 16.8. The summed E-state index contributed by atoms with van der Waals surface area (Å²) in [6, 6.07) is 27.3. The summed E-state index contributed by atoms with van der Waals surface area (Å²) in [5.41, 5.74) is 3.39. The lowest BCUT2D eigenvalue weighted by molar-refractivity contribution is 0.415. The fraction of sp³-hybridized carbons (Fsp3) is 0.143. The minimum atomic E-state index is 0.862. The molecule has 24 heavy (non-hydrogen) atoms. The second kappa shape index (κ2) is 7.93. The van der Waals surface area contributed by atoms with E-state index >= 15 is 0 Å². The van der Waals surface area contributed by atoms with Crippen LogP contribution in [-0.4, -0.2) is 12.9 Å². The topological polar surface area (TPSA) is 12.5 Å². The van der Waals surface area contributed by atoms with Gasteiger partial charge in [0.05, 0.1) is 7.11 Å². The Kier molecular flexibility index (Phi) is 5.44. The fourth-order valence-electron chi connectivity index (χ4n) is 2.61. The van der Waals surface area contributed by atoms with Gasteiger partial charge < -0.3 is 9.64 Å². The zero-order valence-electron chi connectivity index (χ0n) is 14.0. The van der Waals surface area contributed by atoms with Gasteiger partial charge in [-0.05, 0) is 66.4 Å². The van der Waals surface area contributed by atoms with E-state index in [-0.39, 0.29) is 0 Å². The van der Waals surface area contributed by atoms with Gasteiger partial charge in [-0.3, -0.25) is 0 Å². The van der Waals surface area contributed by atoms with E-state index in [9.17, 15) is 0 Å². The Balaban J connectivity index is 2.01. The summed E-state index contributed by atoms with van der Waals surface area (Å²) in [4.78, 5) is 3.55. The third-order valence-corrected chi connectivity index (χ3v) is 4.65. The van der Waals surface area contributed by atoms with E-state index in [1.54, 1.807) is 7.11 Å². The summed E-state index contributed by atoms with van der Waals surface area (Å²) in [6.45, 7) is 2.17. The minimum absolute atomic E-state index is 0.862. The average Bonchev–Trinajstić information content (AvgIpc) is 2.65. The first-order valence-corrected chi connectivity index (χ1v) is 9.02. The third-order valence-electron chi connectivity index (χ3n) is 3.75. The Labute approximate surface area is 148 Å². The minimum Gasteiger partial charge on any atom is -0.497 e. The van der Waals surface area contributed by atoms with Gasteiger partial charge in [-0.25, -0.2) is 0 Å². The molecule has 0 aromatic heterocycles. The van der Waals surface area contributed by atoms with Gasteiger partial charge in [0.1, 0.15) is 5.75 Å². The smallest absolute Gasteiger partial charge is 0.119 e. The van der Waals surface area contributed by atoms with E-state index in [2.05, 4.69) is 72.5 Å². The van der Waals surface area contributed by atoms with Crippen LogP contribution in [-0.2, 0) is 0 Å². The Morgan fingerprint density at radius 2 is 1.29 bits per heavy atom. The number of methoxy groups -OCH3 is 1. The molecule has 2 nitrogen and oxygen atoms in total. The van der Waals surface area contributed by atoms with Gasteiger partial charge in [0, 0.05) is 22.0 Å². The van der Waals surface area contributed by atoms with Gasteiger partial charge in [0.15, 0.2) is 0 Å². The predicted molar refractivity (Wildman–Crippen MR) is 104 cm³/mol. The molecule has 0 unspecified atom stereocenters. The number of anilines is 3. The summed E-state index contributed by atoms with van der Waals surface area (Å²) in [5, 5.41) is 0. The van der Waals surface area contributed by atoms with Gasteiger partial charge in [-0.15, -0.1) is 11.8 Å². The van der Waals surface area contributed by atoms with Crippen LogP contribution in [0.4, 0.5) is 17.1 Å². The van der Waals surface area contributed by atoms with Crippen molar-refractivity contribution in [2.24, 2.45) is 0 Å². The second-order valence-electron chi connectivity index (χ2n) is 5.30. The van der Waals surface area contributed by atoms with Crippen LogP contribution < -0.4 is 9.64 Å². The zero-order valence-corrected chi connectivity index (χ0v) is 14.8. The van der Waals surface area contributed by atoms with Crippen molar-refractivity contribution < 1.29 is 4.74 Å². The van der Waals surface area contributed by atoms with Crippen molar-refractivity contribution in [3.05, 3.63) is 78.9 Å². The normalized spacial score (nSPS) is 10.4. The molecule has 0 amide bonds. The van der Waals surface area contributed by atoms with Gasteiger partial charge in [-0.2, -0.15) is 0 Å². The molecule has 0 aliphatic rings. The highest BCUT2D eigenvalue weighted by Gasteiger charge is 2.12. The molecular weight excluding hydrogens is 314 g/mol. The lowest BCUT2D eigenvalue weighted by Crippen LogP contribution is -2.09. The molecule has 3 heteroatoms. The number of nitrogens with zero attached hydrogens (tertiary/aromatic N) is 1. The highest BCUT2D eigenvalue weighted by atomic mass is 32.2. The molecular formula is C21H21NOS. The van der Waals surface area contributed by atoms with E-state index in [1.807, 2.05) is 30.0 Å². The van der Waals surface area contributed by atoms with Crippen LogP contribution >= 0.6 is 11.8 Å². The number of hydrogen-bond donors (Lipinski definition) is 0. The maximum absolute atomic E-state index is 5.28. The molecule has 0 atom stereocenters. The average molecular weight is 335 g/mol. The Bertz CT molecular complexity index is 754. The molecule has 0 N–H and O–H groups in total. The van der Waals surface area contributed by atoms with E-state index in [4.69, 9.17) is 4.74 Å². The molecule has 0 aliphatic carbocycles. The molecule has 0 bridgehead atoms. The molecule has 0 saturated heterocycles. The van der Waals surface area contributed by atoms with Gasteiger partial charge in [0.25, 0.3) is 0 Å². The first kappa shape index (κ1) is 16.5. The van der Waals surface area contributed by atoms with Crippen molar-refractivity contribution in [1.82, 2.24) is 0 Å². The summed E-state index contributed by atoms with van der Waals surface area (Å²) in [6.07, 6.45) is 0. The van der Waals surface area contributed by atoms with Crippen LogP contribution in [0.2, 0.25) is 0 Å².